The third kappa shape index (κ3) is 19.1. The minimum absolute atomic E-state index is 0.0432. The molecule has 0 radical (unpaired) electrons. The number of alkyl halides is 1. The molecule has 0 bridgehead atoms. The second-order valence-electron chi connectivity index (χ2n) is 15.3. The maximum absolute atomic E-state index is 13.3. The van der Waals surface area contributed by atoms with Crippen molar-refractivity contribution >= 4 is 48.0 Å². The second kappa shape index (κ2) is 23.5. The van der Waals surface area contributed by atoms with Gasteiger partial charge in [-0.15, -0.1) is 0 Å². The van der Waals surface area contributed by atoms with E-state index in [0.717, 1.165) is 18.4 Å². The number of carbonyl (C=O) groups is 5. The third-order valence-electron chi connectivity index (χ3n) is 7.93. The van der Waals surface area contributed by atoms with Crippen LogP contribution < -0.4 is 24.8 Å². The Morgan fingerprint density at radius 1 is 0.846 bits per heavy atom. The molecule has 0 fully saturated rings. The van der Waals surface area contributed by atoms with Crippen LogP contribution in [0, 0.1) is 17.8 Å². The number of carbonyl (C=O) groups excluding carboxylic acids is 5. The summed E-state index contributed by atoms with van der Waals surface area (Å²) >= 11 is -2.73. The molecular weight excluding hydrogens is 781 g/mol. The van der Waals surface area contributed by atoms with Gasteiger partial charge < -0.3 is 10.6 Å². The molecular formula is C38H66IN5O8. The van der Waals surface area contributed by atoms with Crippen molar-refractivity contribution in [3.05, 3.63) is 35.9 Å². The summed E-state index contributed by atoms with van der Waals surface area (Å²) in [7, 11) is 0. The van der Waals surface area contributed by atoms with Gasteiger partial charge in [-0.05, 0) is 11.5 Å². The Hall–Kier alpha value is -3.14. The molecule has 0 aromatic heterocycles. The summed E-state index contributed by atoms with van der Waals surface area (Å²) in [5, 5.41) is 22.7. The number of ether oxygens (including phenoxy) is 2. The van der Waals surface area contributed by atoms with Crippen LogP contribution in [0.15, 0.2) is 30.3 Å². The van der Waals surface area contributed by atoms with E-state index in [1.54, 1.807) is 27.7 Å². The number of amides is 5. The SMILES string of the molecule is CCCC[C@@H](COC(=O)N[C@@H](CC(C)C)[C@@H](O)C[C@@H](C)C(=O)N[C@H](C(=O)NCc1ccccc1)C(C)C)NC(=O)I(NC(=O)OC(C)(C)C)C(C)C. The van der Waals surface area contributed by atoms with Gasteiger partial charge in [0.1, 0.15) is 6.04 Å². The van der Waals surface area contributed by atoms with Crippen LogP contribution in [0.1, 0.15) is 114 Å². The Morgan fingerprint density at radius 2 is 1.48 bits per heavy atom. The summed E-state index contributed by atoms with van der Waals surface area (Å²) in [6.07, 6.45) is 0.228. The number of aliphatic hydroxyl groups excluding tert-OH is 1. The molecule has 0 aliphatic rings. The first-order valence-corrected chi connectivity index (χ1v) is 21.9. The van der Waals surface area contributed by atoms with Crippen molar-refractivity contribution in [1.82, 2.24) is 24.8 Å². The average molecular weight is 848 g/mol. The minimum atomic E-state index is -2.73. The van der Waals surface area contributed by atoms with E-state index >= 15 is 0 Å². The molecule has 0 saturated carbocycles. The van der Waals surface area contributed by atoms with Crippen molar-refractivity contribution in [2.45, 2.75) is 149 Å². The van der Waals surface area contributed by atoms with Crippen LogP contribution in [0.2, 0.25) is 0 Å². The van der Waals surface area contributed by atoms with E-state index in [-0.39, 0.29) is 44.5 Å². The number of hydrogen-bond acceptors (Lipinski definition) is 8. The van der Waals surface area contributed by atoms with Crippen molar-refractivity contribution in [3.8, 4) is 0 Å². The number of nitrogens with one attached hydrogen (secondary N) is 5. The van der Waals surface area contributed by atoms with Gasteiger partial charge in [0.2, 0.25) is 5.91 Å². The van der Waals surface area contributed by atoms with Gasteiger partial charge in [0.15, 0.2) is 0 Å². The van der Waals surface area contributed by atoms with Gasteiger partial charge in [0.25, 0.3) is 0 Å². The van der Waals surface area contributed by atoms with E-state index in [0.29, 0.717) is 19.4 Å². The molecule has 6 N–H and O–H groups in total. The van der Waals surface area contributed by atoms with Crippen LogP contribution in [0.3, 0.4) is 0 Å². The summed E-state index contributed by atoms with van der Waals surface area (Å²) in [5.41, 5.74) is 0.242. The van der Waals surface area contributed by atoms with Gasteiger partial charge in [-0.25, -0.2) is 0 Å². The van der Waals surface area contributed by atoms with E-state index in [1.807, 2.05) is 78.8 Å². The zero-order valence-electron chi connectivity index (χ0n) is 33.1. The van der Waals surface area contributed by atoms with Crippen LogP contribution in [-0.2, 0) is 25.6 Å². The maximum atomic E-state index is 13.3. The Kier molecular flexibility index (Phi) is 21.2. The molecule has 52 heavy (non-hydrogen) atoms. The monoisotopic (exact) mass is 847 g/mol. The number of rotatable bonds is 21. The molecule has 13 nitrogen and oxygen atoms in total. The fraction of sp³-hybridized carbons (Fsp3) is 0.711. The number of alkyl carbamates (subject to hydrolysis) is 1. The molecule has 0 saturated heterocycles. The number of unbranched alkanes of at least 4 members (excludes halogenated alkanes) is 1. The summed E-state index contributed by atoms with van der Waals surface area (Å²) in [4.78, 5) is 65.0. The van der Waals surface area contributed by atoms with Crippen molar-refractivity contribution in [3.63, 3.8) is 0 Å². The third-order valence-corrected chi connectivity index (χ3v) is 12.8. The van der Waals surface area contributed by atoms with Crippen LogP contribution >= 0.6 is 20.1 Å². The zero-order chi connectivity index (χ0) is 39.6. The van der Waals surface area contributed by atoms with Crippen molar-refractivity contribution < 1.29 is 38.6 Å². The number of halogens is 1. The van der Waals surface area contributed by atoms with Crippen LogP contribution in [0.5, 0.6) is 0 Å². The predicted octanol–water partition coefficient (Wildman–Crippen LogP) is 6.59. The fourth-order valence-electron chi connectivity index (χ4n) is 5.15. The molecule has 0 heterocycles. The van der Waals surface area contributed by atoms with Crippen molar-refractivity contribution in [2.24, 2.45) is 17.8 Å². The van der Waals surface area contributed by atoms with Gasteiger partial charge in [-0.3, -0.25) is 9.59 Å². The Morgan fingerprint density at radius 3 is 2.02 bits per heavy atom. The van der Waals surface area contributed by atoms with Gasteiger partial charge >= 0.3 is 226 Å². The van der Waals surface area contributed by atoms with E-state index < -0.39 is 68.0 Å². The van der Waals surface area contributed by atoms with Gasteiger partial charge in [0, 0.05) is 6.54 Å². The van der Waals surface area contributed by atoms with Crippen LogP contribution in [-0.4, -0.2) is 73.4 Å². The molecule has 0 unspecified atom stereocenters. The first kappa shape index (κ1) is 46.9. The van der Waals surface area contributed by atoms with Gasteiger partial charge in [-0.2, -0.15) is 0 Å². The van der Waals surface area contributed by atoms with E-state index in [9.17, 15) is 29.1 Å². The van der Waals surface area contributed by atoms with E-state index in [4.69, 9.17) is 9.47 Å². The van der Waals surface area contributed by atoms with Crippen LogP contribution in [0.25, 0.3) is 0 Å². The molecule has 5 atom stereocenters. The molecule has 5 amide bonds. The molecule has 298 valence electrons. The fourth-order valence-corrected chi connectivity index (χ4v) is 8.51. The number of hydrogen-bond donors (Lipinski definition) is 6. The first-order valence-electron chi connectivity index (χ1n) is 18.5. The number of benzene rings is 1. The van der Waals surface area contributed by atoms with Gasteiger partial charge in [-0.1, -0.05) is 44.2 Å². The normalized spacial score (nSPS) is 14.8. The first-order chi connectivity index (χ1) is 24.2. The van der Waals surface area contributed by atoms with E-state index in [2.05, 4.69) is 24.8 Å². The topological polar surface area (TPSA) is 184 Å². The molecule has 0 aliphatic heterocycles. The quantitative estimate of drug-likeness (QED) is 0.0263. The molecule has 1 rings (SSSR count). The summed E-state index contributed by atoms with van der Waals surface area (Å²) in [6, 6.07) is 7.54. The van der Waals surface area contributed by atoms with Crippen LogP contribution in [0.4, 0.5) is 14.4 Å². The predicted molar refractivity (Wildman–Crippen MR) is 213 cm³/mol. The molecule has 1 aromatic rings. The average Bonchev–Trinajstić information content (AvgIpc) is 3.04. The Bertz CT molecular complexity index is 1260. The Balaban J connectivity index is 2.86. The second-order valence-corrected chi connectivity index (χ2v) is 21.1. The molecule has 0 spiro atoms. The van der Waals surface area contributed by atoms with E-state index in [1.165, 1.54) is 0 Å². The molecule has 14 heteroatoms. The molecule has 1 aromatic carbocycles. The molecule has 0 aliphatic carbocycles. The Labute approximate surface area is 319 Å². The van der Waals surface area contributed by atoms with Crippen molar-refractivity contribution in [1.29, 1.82) is 0 Å². The summed E-state index contributed by atoms with van der Waals surface area (Å²) < 4.78 is 13.4. The zero-order valence-corrected chi connectivity index (χ0v) is 35.3. The standard InChI is InChI=1S/C38H66IN5O8/c1-12-13-19-29(41-35(48)39(26(6)7)44-37(50)52-38(9,10)11)23-51-36(49)42-30(20-24(2)3)31(45)21-27(8)33(46)43-32(25(4)5)34(47)40-22-28-17-15-14-16-18-28/h14-18,24-27,29-32,45H,12-13,19-23H2,1-11H3,(H,40,47)(H,41,48)(H,42,49)(H,43,46)(H,44,50)/t27-,29+,30+,31+,32+/m1/s1. The number of aliphatic hydroxyl groups is 1. The summed E-state index contributed by atoms with van der Waals surface area (Å²) in [5.74, 6) is -1.40. The van der Waals surface area contributed by atoms with Crippen molar-refractivity contribution in [2.75, 3.05) is 6.61 Å². The summed E-state index contributed by atoms with van der Waals surface area (Å²) in [6.45, 7) is 20.6. The van der Waals surface area contributed by atoms with Gasteiger partial charge in [0.05, 0.1) is 0 Å².